The van der Waals surface area contributed by atoms with Gasteiger partial charge >= 0.3 is 0 Å². The fourth-order valence-electron chi connectivity index (χ4n) is 3.45. The predicted octanol–water partition coefficient (Wildman–Crippen LogP) is 1.28. The number of carbonyl (C=O) groups excluding carboxylic acids is 3. The van der Waals surface area contributed by atoms with Crippen LogP contribution in [0.4, 0.5) is 0 Å². The molecule has 0 unspecified atom stereocenters. The monoisotopic (exact) mass is 345 g/mol. The van der Waals surface area contributed by atoms with Crippen LogP contribution < -0.4 is 16.4 Å². The number of benzene rings is 1. The highest BCUT2D eigenvalue weighted by Gasteiger charge is 2.31. The van der Waals surface area contributed by atoms with Crippen LogP contribution in [0.2, 0.25) is 0 Å². The number of nitrogens with two attached hydrogens (primary N) is 1. The zero-order valence-corrected chi connectivity index (χ0v) is 14.7. The Hall–Kier alpha value is -2.37. The largest absolute Gasteiger partial charge is 0.368 e. The second-order valence-corrected chi connectivity index (χ2v) is 6.73. The van der Waals surface area contributed by atoms with E-state index in [0.717, 1.165) is 37.7 Å². The molecular weight excluding hydrogens is 318 g/mol. The lowest BCUT2D eigenvalue weighted by Gasteiger charge is -2.30. The van der Waals surface area contributed by atoms with Crippen molar-refractivity contribution in [3.05, 3.63) is 35.9 Å². The molecule has 2 atom stereocenters. The third-order valence-electron chi connectivity index (χ3n) is 4.70. The van der Waals surface area contributed by atoms with Gasteiger partial charge in [0.05, 0.1) is 0 Å². The van der Waals surface area contributed by atoms with Crippen LogP contribution in [0.1, 0.15) is 44.6 Å². The summed E-state index contributed by atoms with van der Waals surface area (Å²) >= 11 is 0. The summed E-state index contributed by atoms with van der Waals surface area (Å²) in [5.41, 5.74) is 6.46. The molecule has 0 aromatic heterocycles. The lowest BCUT2D eigenvalue weighted by atomic mass is 9.83. The predicted molar refractivity (Wildman–Crippen MR) is 95.5 cm³/mol. The summed E-state index contributed by atoms with van der Waals surface area (Å²) in [5, 5.41) is 5.46. The van der Waals surface area contributed by atoms with Crippen molar-refractivity contribution in [3.63, 3.8) is 0 Å². The summed E-state index contributed by atoms with van der Waals surface area (Å²) in [6.07, 6.45) is 5.38. The normalized spacial score (nSPS) is 17.3. The number of nitrogens with one attached hydrogen (secondary N) is 2. The van der Waals surface area contributed by atoms with E-state index in [0.29, 0.717) is 6.42 Å². The molecule has 0 saturated heterocycles. The summed E-state index contributed by atoms with van der Waals surface area (Å²) in [6.45, 7) is 1.37. The van der Waals surface area contributed by atoms with Gasteiger partial charge in [-0.05, 0) is 24.3 Å². The van der Waals surface area contributed by atoms with Crippen molar-refractivity contribution in [3.8, 4) is 0 Å². The van der Waals surface area contributed by atoms with Crippen molar-refractivity contribution < 1.29 is 14.4 Å². The van der Waals surface area contributed by atoms with E-state index >= 15 is 0 Å². The molecule has 25 heavy (non-hydrogen) atoms. The molecule has 0 bridgehead atoms. The molecule has 0 heterocycles. The highest BCUT2D eigenvalue weighted by Crippen LogP contribution is 2.26. The van der Waals surface area contributed by atoms with E-state index in [1.54, 1.807) is 0 Å². The maximum atomic E-state index is 12.7. The van der Waals surface area contributed by atoms with Gasteiger partial charge < -0.3 is 16.4 Å². The second kappa shape index (κ2) is 9.20. The molecule has 1 saturated carbocycles. The van der Waals surface area contributed by atoms with Crippen LogP contribution >= 0.6 is 0 Å². The van der Waals surface area contributed by atoms with E-state index < -0.39 is 18.0 Å². The maximum absolute atomic E-state index is 12.7. The van der Waals surface area contributed by atoms with E-state index in [1.807, 2.05) is 30.3 Å². The van der Waals surface area contributed by atoms with Crippen LogP contribution in [0.5, 0.6) is 0 Å². The molecule has 1 aromatic rings. The first kappa shape index (κ1) is 19.0. The zero-order chi connectivity index (χ0) is 18.2. The fraction of sp³-hybridized carbons (Fsp3) is 0.526. The van der Waals surface area contributed by atoms with Gasteiger partial charge in [0.15, 0.2) is 0 Å². The number of amides is 3. The Kier molecular flexibility index (Phi) is 6.98. The Morgan fingerprint density at radius 2 is 1.72 bits per heavy atom. The van der Waals surface area contributed by atoms with E-state index in [9.17, 15) is 14.4 Å². The van der Waals surface area contributed by atoms with Gasteiger partial charge in [-0.25, -0.2) is 0 Å². The van der Waals surface area contributed by atoms with Gasteiger partial charge in [-0.1, -0.05) is 49.6 Å². The van der Waals surface area contributed by atoms with E-state index in [-0.39, 0.29) is 17.7 Å². The van der Waals surface area contributed by atoms with Gasteiger partial charge in [-0.15, -0.1) is 0 Å². The number of rotatable bonds is 7. The van der Waals surface area contributed by atoms with E-state index in [2.05, 4.69) is 10.6 Å². The second-order valence-electron chi connectivity index (χ2n) is 6.73. The summed E-state index contributed by atoms with van der Waals surface area (Å²) in [5.74, 6) is -1.09. The highest BCUT2D eigenvalue weighted by atomic mass is 16.2. The Balaban J connectivity index is 2.08. The van der Waals surface area contributed by atoms with Gasteiger partial charge in [-0.3, -0.25) is 14.4 Å². The Bertz CT molecular complexity index is 597. The Morgan fingerprint density at radius 1 is 1.08 bits per heavy atom. The van der Waals surface area contributed by atoms with Crippen molar-refractivity contribution in [1.82, 2.24) is 10.6 Å². The van der Waals surface area contributed by atoms with Crippen molar-refractivity contribution in [1.29, 1.82) is 0 Å². The number of carbonyl (C=O) groups is 3. The average Bonchev–Trinajstić information content (AvgIpc) is 2.60. The van der Waals surface area contributed by atoms with Crippen LogP contribution in [0.15, 0.2) is 30.3 Å². The highest BCUT2D eigenvalue weighted by molar-refractivity contribution is 5.91. The molecule has 3 amide bonds. The van der Waals surface area contributed by atoms with Gasteiger partial charge in [0, 0.05) is 13.3 Å². The first-order valence-corrected chi connectivity index (χ1v) is 8.88. The molecule has 1 fully saturated rings. The minimum absolute atomic E-state index is 0.0740. The standard InChI is InChI=1S/C19H27N3O3/c1-13(23)21-16(12-14-8-4-2-5-9-14)19(25)22-17(18(20)24)15-10-6-3-7-11-15/h2,4-5,8-9,15-17H,3,6-7,10-12H2,1H3,(H2,20,24)(H,21,23)(H,22,25)/t16-,17-/m1/s1. The zero-order valence-electron chi connectivity index (χ0n) is 14.7. The Labute approximate surface area is 148 Å². The van der Waals surface area contributed by atoms with Crippen LogP contribution in [0.25, 0.3) is 0 Å². The molecule has 4 N–H and O–H groups in total. The molecule has 2 rings (SSSR count). The first-order chi connectivity index (χ1) is 12.0. The van der Waals surface area contributed by atoms with Crippen LogP contribution in [-0.4, -0.2) is 29.8 Å². The molecule has 1 aromatic carbocycles. The van der Waals surface area contributed by atoms with Crippen LogP contribution in [0.3, 0.4) is 0 Å². The van der Waals surface area contributed by atoms with Gasteiger partial charge in [0.1, 0.15) is 12.1 Å². The number of primary amides is 1. The fourth-order valence-corrected chi connectivity index (χ4v) is 3.45. The van der Waals surface area contributed by atoms with Gasteiger partial charge in [0.2, 0.25) is 17.7 Å². The van der Waals surface area contributed by atoms with Crippen molar-refractivity contribution >= 4 is 17.7 Å². The SMILES string of the molecule is CC(=O)N[C@H](Cc1ccccc1)C(=O)N[C@@H](C(N)=O)C1CCCCC1. The molecule has 0 spiro atoms. The van der Waals surface area contributed by atoms with Crippen LogP contribution in [-0.2, 0) is 20.8 Å². The summed E-state index contributed by atoms with van der Waals surface area (Å²) in [7, 11) is 0. The topological polar surface area (TPSA) is 101 Å². The number of hydrogen-bond donors (Lipinski definition) is 3. The molecule has 0 aliphatic heterocycles. The molecule has 136 valence electrons. The summed E-state index contributed by atoms with van der Waals surface area (Å²) < 4.78 is 0. The van der Waals surface area contributed by atoms with E-state index in [4.69, 9.17) is 5.73 Å². The number of hydrogen-bond acceptors (Lipinski definition) is 3. The third kappa shape index (κ3) is 5.89. The smallest absolute Gasteiger partial charge is 0.243 e. The minimum Gasteiger partial charge on any atom is -0.368 e. The van der Waals surface area contributed by atoms with Gasteiger partial charge in [-0.2, -0.15) is 0 Å². The minimum atomic E-state index is -0.731. The first-order valence-electron chi connectivity index (χ1n) is 8.88. The van der Waals surface area contributed by atoms with Gasteiger partial charge in [0.25, 0.3) is 0 Å². The summed E-state index contributed by atoms with van der Waals surface area (Å²) in [4.78, 5) is 36.1. The molecule has 1 aliphatic rings. The Morgan fingerprint density at radius 3 is 2.28 bits per heavy atom. The van der Waals surface area contributed by atoms with Crippen molar-refractivity contribution in [2.75, 3.05) is 0 Å². The lowest BCUT2D eigenvalue weighted by molar-refractivity contribution is -0.131. The molecular formula is C19H27N3O3. The van der Waals surface area contributed by atoms with Crippen molar-refractivity contribution in [2.24, 2.45) is 11.7 Å². The molecule has 0 radical (unpaired) electrons. The average molecular weight is 345 g/mol. The molecule has 6 nitrogen and oxygen atoms in total. The van der Waals surface area contributed by atoms with Crippen molar-refractivity contribution in [2.45, 2.75) is 57.5 Å². The third-order valence-corrected chi connectivity index (χ3v) is 4.70. The summed E-state index contributed by atoms with van der Waals surface area (Å²) in [6, 6.07) is 8.04. The maximum Gasteiger partial charge on any atom is 0.243 e. The molecule has 6 heteroatoms. The molecule has 1 aliphatic carbocycles. The lowest BCUT2D eigenvalue weighted by Crippen LogP contribution is -2.56. The quantitative estimate of drug-likeness (QED) is 0.694. The van der Waals surface area contributed by atoms with Crippen LogP contribution in [0, 0.1) is 5.92 Å². The van der Waals surface area contributed by atoms with E-state index in [1.165, 1.54) is 6.92 Å².